The van der Waals surface area contributed by atoms with Crippen LogP contribution in [0.5, 0.6) is 0 Å². The Labute approximate surface area is 55.0 Å². The summed E-state index contributed by atoms with van der Waals surface area (Å²) >= 11 is 0. The second-order valence-electron chi connectivity index (χ2n) is 1.58. The molecular formula is C7H8N2. The Kier molecular flexibility index (Phi) is 4.18. The van der Waals surface area contributed by atoms with Gasteiger partial charge in [-0.3, -0.25) is 0 Å². The fraction of sp³-hybridized carbons (Fsp3) is 0.429. The lowest BCUT2D eigenvalue weighted by Crippen LogP contribution is -1.74. The molecule has 0 rings (SSSR count). The van der Waals surface area contributed by atoms with Gasteiger partial charge in [-0.1, -0.05) is 13.0 Å². The molecule has 0 aliphatic rings. The molecule has 0 bridgehead atoms. The first-order chi connectivity index (χ1) is 4.35. The molecule has 2 heteroatoms. The van der Waals surface area contributed by atoms with Crippen LogP contribution in [0.15, 0.2) is 11.6 Å². The Morgan fingerprint density at radius 2 is 2.22 bits per heavy atom. The van der Waals surface area contributed by atoms with Crippen LogP contribution in [0, 0.1) is 22.7 Å². The van der Waals surface area contributed by atoms with E-state index < -0.39 is 0 Å². The van der Waals surface area contributed by atoms with E-state index in [2.05, 4.69) is 0 Å². The zero-order valence-electron chi connectivity index (χ0n) is 5.39. The van der Waals surface area contributed by atoms with Crippen molar-refractivity contribution in [1.82, 2.24) is 0 Å². The first-order valence-electron chi connectivity index (χ1n) is 2.81. The molecule has 0 radical (unpaired) electrons. The molecule has 0 aromatic heterocycles. The maximum absolute atomic E-state index is 8.32. The number of allylic oxidation sites excluding steroid dienone is 2. The van der Waals surface area contributed by atoms with E-state index in [1.807, 2.05) is 19.1 Å². The standard InChI is InChI=1S/C7H8N2/c1-2-3-7(6-9)4-5-8/h3H,2,4H2,1H3/b7-3-. The van der Waals surface area contributed by atoms with Gasteiger partial charge >= 0.3 is 0 Å². The van der Waals surface area contributed by atoms with E-state index in [9.17, 15) is 0 Å². The Bertz CT molecular complexity index is 178. The molecule has 0 saturated heterocycles. The number of hydrogen-bond donors (Lipinski definition) is 0. The monoisotopic (exact) mass is 120 g/mol. The first-order valence-corrected chi connectivity index (χ1v) is 2.81. The minimum absolute atomic E-state index is 0.240. The van der Waals surface area contributed by atoms with Gasteiger partial charge in [-0.05, 0) is 6.42 Å². The van der Waals surface area contributed by atoms with Crippen LogP contribution in [-0.2, 0) is 0 Å². The quantitative estimate of drug-likeness (QED) is 0.521. The fourth-order valence-electron chi connectivity index (χ4n) is 0.489. The molecule has 0 atom stereocenters. The highest BCUT2D eigenvalue weighted by molar-refractivity contribution is 5.23. The van der Waals surface area contributed by atoms with Crippen molar-refractivity contribution in [2.75, 3.05) is 0 Å². The molecule has 0 N–H and O–H groups in total. The van der Waals surface area contributed by atoms with E-state index in [1.54, 1.807) is 6.08 Å². The van der Waals surface area contributed by atoms with E-state index in [1.165, 1.54) is 0 Å². The fourth-order valence-corrected chi connectivity index (χ4v) is 0.489. The Morgan fingerprint density at radius 3 is 2.56 bits per heavy atom. The average molecular weight is 120 g/mol. The van der Waals surface area contributed by atoms with Crippen molar-refractivity contribution in [3.63, 3.8) is 0 Å². The van der Waals surface area contributed by atoms with Crippen LogP contribution in [0.3, 0.4) is 0 Å². The molecule has 0 aromatic carbocycles. The molecule has 0 aliphatic carbocycles. The molecule has 0 aliphatic heterocycles. The van der Waals surface area contributed by atoms with E-state index >= 15 is 0 Å². The van der Waals surface area contributed by atoms with Gasteiger partial charge in [0.05, 0.1) is 18.6 Å². The van der Waals surface area contributed by atoms with Gasteiger partial charge in [-0.15, -0.1) is 0 Å². The highest BCUT2D eigenvalue weighted by Crippen LogP contribution is 1.98. The number of nitrogens with zero attached hydrogens (tertiary/aromatic N) is 2. The van der Waals surface area contributed by atoms with Crippen LogP contribution in [0.2, 0.25) is 0 Å². The van der Waals surface area contributed by atoms with Gasteiger partial charge in [0.2, 0.25) is 0 Å². The second kappa shape index (κ2) is 4.87. The van der Waals surface area contributed by atoms with Crippen LogP contribution in [0.4, 0.5) is 0 Å². The molecule has 0 heterocycles. The second-order valence-corrected chi connectivity index (χ2v) is 1.58. The van der Waals surface area contributed by atoms with Gasteiger partial charge in [0.15, 0.2) is 0 Å². The van der Waals surface area contributed by atoms with E-state index in [-0.39, 0.29) is 6.42 Å². The van der Waals surface area contributed by atoms with Gasteiger partial charge in [-0.25, -0.2) is 0 Å². The molecule has 0 unspecified atom stereocenters. The predicted molar refractivity (Wildman–Crippen MR) is 34.2 cm³/mol. The average Bonchev–Trinajstić information content (AvgIpc) is 1.88. The molecule has 46 valence electrons. The van der Waals surface area contributed by atoms with E-state index in [0.29, 0.717) is 5.57 Å². The van der Waals surface area contributed by atoms with E-state index in [4.69, 9.17) is 10.5 Å². The van der Waals surface area contributed by atoms with Crippen molar-refractivity contribution in [1.29, 1.82) is 10.5 Å². The summed E-state index contributed by atoms with van der Waals surface area (Å²) in [4.78, 5) is 0. The largest absolute Gasteiger partial charge is 0.198 e. The summed E-state index contributed by atoms with van der Waals surface area (Å²) < 4.78 is 0. The summed E-state index contributed by atoms with van der Waals surface area (Å²) in [6.07, 6.45) is 2.83. The van der Waals surface area contributed by atoms with Crippen molar-refractivity contribution in [2.24, 2.45) is 0 Å². The molecule has 2 nitrogen and oxygen atoms in total. The molecule has 0 fully saturated rings. The summed E-state index contributed by atoms with van der Waals surface area (Å²) in [5.74, 6) is 0. The molecular weight excluding hydrogens is 112 g/mol. The Balaban J connectivity index is 3.90. The molecule has 0 spiro atoms. The SMILES string of the molecule is CC/C=C(\C#N)CC#N. The Morgan fingerprint density at radius 1 is 1.56 bits per heavy atom. The van der Waals surface area contributed by atoms with Crippen molar-refractivity contribution in [3.05, 3.63) is 11.6 Å². The highest BCUT2D eigenvalue weighted by atomic mass is 14.3. The van der Waals surface area contributed by atoms with Crippen molar-refractivity contribution < 1.29 is 0 Å². The zero-order chi connectivity index (χ0) is 7.11. The van der Waals surface area contributed by atoms with Crippen LogP contribution in [0.25, 0.3) is 0 Å². The minimum Gasteiger partial charge on any atom is -0.198 e. The molecule has 0 aromatic rings. The maximum atomic E-state index is 8.32. The summed E-state index contributed by atoms with van der Waals surface area (Å²) in [7, 11) is 0. The molecule has 0 amide bonds. The van der Waals surface area contributed by atoms with Gasteiger partial charge < -0.3 is 0 Å². The summed E-state index contributed by atoms with van der Waals surface area (Å²) in [6, 6.07) is 3.86. The van der Waals surface area contributed by atoms with Crippen LogP contribution >= 0.6 is 0 Å². The lowest BCUT2D eigenvalue weighted by molar-refractivity contribution is 1.16. The third kappa shape index (κ3) is 3.32. The van der Waals surface area contributed by atoms with Gasteiger partial charge in [0.25, 0.3) is 0 Å². The summed E-state index contributed by atoms with van der Waals surface area (Å²) in [5.41, 5.74) is 0.569. The van der Waals surface area contributed by atoms with Crippen LogP contribution in [0.1, 0.15) is 19.8 Å². The third-order valence-corrected chi connectivity index (χ3v) is 0.864. The lowest BCUT2D eigenvalue weighted by Gasteiger charge is -1.83. The predicted octanol–water partition coefficient (Wildman–Crippen LogP) is 1.76. The summed E-state index contributed by atoms with van der Waals surface area (Å²) in [6.45, 7) is 1.94. The third-order valence-electron chi connectivity index (χ3n) is 0.864. The van der Waals surface area contributed by atoms with Crippen molar-refractivity contribution in [3.8, 4) is 12.1 Å². The van der Waals surface area contributed by atoms with E-state index in [0.717, 1.165) is 6.42 Å². The minimum atomic E-state index is 0.240. The van der Waals surface area contributed by atoms with Crippen molar-refractivity contribution >= 4 is 0 Å². The maximum Gasteiger partial charge on any atom is 0.0954 e. The number of rotatable bonds is 2. The van der Waals surface area contributed by atoms with Gasteiger partial charge in [0, 0.05) is 5.57 Å². The molecule has 9 heavy (non-hydrogen) atoms. The normalized spacial score (nSPS) is 9.89. The summed E-state index contributed by atoms with van der Waals surface area (Å²) in [5, 5.41) is 16.5. The first kappa shape index (κ1) is 7.72. The van der Waals surface area contributed by atoms with Crippen LogP contribution in [-0.4, -0.2) is 0 Å². The van der Waals surface area contributed by atoms with Crippen molar-refractivity contribution in [2.45, 2.75) is 19.8 Å². The van der Waals surface area contributed by atoms with Gasteiger partial charge in [0.1, 0.15) is 0 Å². The number of nitriles is 2. The van der Waals surface area contributed by atoms with Gasteiger partial charge in [-0.2, -0.15) is 10.5 Å². The smallest absolute Gasteiger partial charge is 0.0954 e. The highest BCUT2D eigenvalue weighted by Gasteiger charge is 1.89. The lowest BCUT2D eigenvalue weighted by atomic mass is 10.2. The topological polar surface area (TPSA) is 47.6 Å². The number of hydrogen-bond acceptors (Lipinski definition) is 2. The van der Waals surface area contributed by atoms with Crippen LogP contribution < -0.4 is 0 Å². The zero-order valence-corrected chi connectivity index (χ0v) is 5.39. The molecule has 0 saturated carbocycles. The Hall–Kier alpha value is -1.28.